The van der Waals surface area contributed by atoms with Crippen LogP contribution in [0.25, 0.3) is 0 Å². The van der Waals surface area contributed by atoms with Crippen LogP contribution >= 0.6 is 0 Å². The predicted octanol–water partition coefficient (Wildman–Crippen LogP) is 3.53. The highest BCUT2D eigenvalue weighted by molar-refractivity contribution is 5.94. The molecule has 25 heavy (non-hydrogen) atoms. The van der Waals surface area contributed by atoms with Gasteiger partial charge in [-0.15, -0.1) is 0 Å². The first-order valence-electron chi connectivity index (χ1n) is 8.33. The highest BCUT2D eigenvalue weighted by Crippen LogP contribution is 2.17. The summed E-state index contributed by atoms with van der Waals surface area (Å²) in [6, 6.07) is 10.4. The Balaban J connectivity index is 1.96. The van der Waals surface area contributed by atoms with Crippen LogP contribution in [0.15, 0.2) is 42.6 Å². The molecule has 6 heteroatoms. The predicted molar refractivity (Wildman–Crippen MR) is 97.2 cm³/mol. The van der Waals surface area contributed by atoms with E-state index in [2.05, 4.69) is 22.5 Å². The summed E-state index contributed by atoms with van der Waals surface area (Å²) < 4.78 is 4.70. The Kier molecular flexibility index (Phi) is 6.95. The Hall–Kier alpha value is -2.89. The number of aromatic nitrogens is 1. The van der Waals surface area contributed by atoms with Crippen molar-refractivity contribution in [2.24, 2.45) is 0 Å². The van der Waals surface area contributed by atoms with Crippen LogP contribution in [0.5, 0.6) is 0 Å². The summed E-state index contributed by atoms with van der Waals surface area (Å²) in [6.07, 6.45) is 4.73. The average Bonchev–Trinajstić information content (AvgIpc) is 2.65. The maximum Gasteiger partial charge on any atom is 0.337 e. The first-order chi connectivity index (χ1) is 12.1. The van der Waals surface area contributed by atoms with E-state index in [-0.39, 0.29) is 5.91 Å². The van der Waals surface area contributed by atoms with Crippen LogP contribution in [0.2, 0.25) is 0 Å². The Labute approximate surface area is 147 Å². The molecule has 2 rings (SSSR count). The van der Waals surface area contributed by atoms with Crippen molar-refractivity contribution in [3.05, 3.63) is 53.7 Å². The normalized spacial score (nSPS) is 10.2. The van der Waals surface area contributed by atoms with Crippen LogP contribution in [0.4, 0.5) is 11.5 Å². The van der Waals surface area contributed by atoms with Crippen molar-refractivity contribution in [1.82, 2.24) is 10.3 Å². The highest BCUT2D eigenvalue weighted by Gasteiger charge is 2.08. The third-order valence-corrected chi connectivity index (χ3v) is 3.65. The summed E-state index contributed by atoms with van der Waals surface area (Å²) in [5.41, 5.74) is 1.69. The molecule has 0 saturated heterocycles. The number of methoxy groups -OCH3 is 1. The average molecular weight is 341 g/mol. The second kappa shape index (κ2) is 9.42. The van der Waals surface area contributed by atoms with Crippen LogP contribution in [0, 0.1) is 0 Å². The molecule has 0 aliphatic carbocycles. The Morgan fingerprint density at radius 1 is 1.12 bits per heavy atom. The zero-order valence-electron chi connectivity index (χ0n) is 14.5. The van der Waals surface area contributed by atoms with Gasteiger partial charge in [-0.1, -0.05) is 25.8 Å². The zero-order valence-corrected chi connectivity index (χ0v) is 14.5. The lowest BCUT2D eigenvalue weighted by Crippen LogP contribution is -2.24. The fraction of sp³-hybridized carbons (Fsp3) is 0.316. The van der Waals surface area contributed by atoms with E-state index in [1.807, 2.05) is 6.07 Å². The fourth-order valence-corrected chi connectivity index (χ4v) is 2.27. The molecule has 0 unspecified atom stereocenters. The number of nitrogens with zero attached hydrogens (tertiary/aromatic N) is 1. The minimum absolute atomic E-state index is 0.122. The standard InChI is InChI=1S/C19H23N3O3/c1-3-4-5-11-20-18(23)15-9-10-17(21-13-15)22-16-8-6-7-14(12-16)19(24)25-2/h6-10,12-13H,3-5,11H2,1-2H3,(H,20,23)(H,21,22). The minimum Gasteiger partial charge on any atom is -0.465 e. The maximum absolute atomic E-state index is 12.0. The Bertz CT molecular complexity index is 714. The third-order valence-electron chi connectivity index (χ3n) is 3.65. The summed E-state index contributed by atoms with van der Waals surface area (Å²) >= 11 is 0. The number of rotatable bonds is 8. The van der Waals surface area contributed by atoms with Gasteiger partial charge in [0.2, 0.25) is 0 Å². The summed E-state index contributed by atoms with van der Waals surface area (Å²) in [5, 5.41) is 5.98. The summed E-state index contributed by atoms with van der Waals surface area (Å²) in [6.45, 7) is 2.80. The van der Waals surface area contributed by atoms with E-state index in [9.17, 15) is 9.59 Å². The van der Waals surface area contributed by atoms with Crippen molar-refractivity contribution in [2.75, 3.05) is 19.0 Å². The number of hydrogen-bond acceptors (Lipinski definition) is 5. The van der Waals surface area contributed by atoms with E-state index in [0.717, 1.165) is 19.3 Å². The molecule has 132 valence electrons. The Morgan fingerprint density at radius 2 is 1.96 bits per heavy atom. The minimum atomic E-state index is -0.397. The van der Waals surface area contributed by atoms with Crippen molar-refractivity contribution >= 4 is 23.4 Å². The maximum atomic E-state index is 12.0. The number of esters is 1. The topological polar surface area (TPSA) is 80.3 Å². The highest BCUT2D eigenvalue weighted by atomic mass is 16.5. The molecule has 0 radical (unpaired) electrons. The van der Waals surface area contributed by atoms with Gasteiger partial charge in [0.05, 0.1) is 18.2 Å². The molecule has 0 aliphatic heterocycles. The largest absolute Gasteiger partial charge is 0.465 e. The van der Waals surface area contributed by atoms with Crippen LogP contribution in [0.1, 0.15) is 46.9 Å². The molecule has 0 atom stereocenters. The van der Waals surface area contributed by atoms with E-state index >= 15 is 0 Å². The molecule has 2 N–H and O–H groups in total. The summed E-state index contributed by atoms with van der Waals surface area (Å²) in [7, 11) is 1.34. The monoisotopic (exact) mass is 341 g/mol. The fourth-order valence-electron chi connectivity index (χ4n) is 2.27. The van der Waals surface area contributed by atoms with Gasteiger partial charge in [0, 0.05) is 18.4 Å². The molecule has 0 aliphatic rings. The van der Waals surface area contributed by atoms with E-state index in [1.165, 1.54) is 13.3 Å². The number of benzene rings is 1. The molecule has 0 saturated carbocycles. The molecule has 2 aromatic rings. The third kappa shape index (κ3) is 5.60. The first-order valence-corrected chi connectivity index (χ1v) is 8.33. The number of carbonyl (C=O) groups is 2. The lowest BCUT2D eigenvalue weighted by molar-refractivity contribution is 0.0600. The molecule has 0 bridgehead atoms. The van der Waals surface area contributed by atoms with Crippen molar-refractivity contribution in [2.45, 2.75) is 26.2 Å². The molecular weight excluding hydrogens is 318 g/mol. The number of anilines is 2. The Morgan fingerprint density at radius 3 is 2.64 bits per heavy atom. The van der Waals surface area contributed by atoms with Crippen LogP contribution < -0.4 is 10.6 Å². The smallest absolute Gasteiger partial charge is 0.337 e. The second-order valence-corrected chi connectivity index (χ2v) is 5.59. The van der Waals surface area contributed by atoms with E-state index in [0.29, 0.717) is 29.2 Å². The van der Waals surface area contributed by atoms with Crippen LogP contribution in [0.3, 0.4) is 0 Å². The first kappa shape index (κ1) is 18.4. The number of unbranched alkanes of at least 4 members (excludes halogenated alkanes) is 2. The van der Waals surface area contributed by atoms with Gasteiger partial charge < -0.3 is 15.4 Å². The second-order valence-electron chi connectivity index (χ2n) is 5.59. The number of carbonyl (C=O) groups excluding carboxylic acids is 2. The number of hydrogen-bond donors (Lipinski definition) is 2. The van der Waals surface area contributed by atoms with Gasteiger partial charge in [-0.25, -0.2) is 9.78 Å². The lowest BCUT2D eigenvalue weighted by Gasteiger charge is -2.08. The van der Waals surface area contributed by atoms with Gasteiger partial charge in [-0.3, -0.25) is 4.79 Å². The zero-order chi connectivity index (χ0) is 18.1. The van der Waals surface area contributed by atoms with Crippen LogP contribution in [-0.4, -0.2) is 30.5 Å². The quantitative estimate of drug-likeness (QED) is 0.567. The van der Waals surface area contributed by atoms with Crippen molar-refractivity contribution in [3.8, 4) is 0 Å². The van der Waals surface area contributed by atoms with Crippen LogP contribution in [-0.2, 0) is 4.74 Å². The SMILES string of the molecule is CCCCCNC(=O)c1ccc(Nc2cccc(C(=O)OC)c2)nc1. The van der Waals surface area contributed by atoms with Gasteiger partial charge in [-0.05, 0) is 36.8 Å². The molecule has 0 spiro atoms. The van der Waals surface area contributed by atoms with Gasteiger partial charge >= 0.3 is 5.97 Å². The lowest BCUT2D eigenvalue weighted by atomic mass is 10.2. The molecular formula is C19H23N3O3. The van der Waals surface area contributed by atoms with Gasteiger partial charge in [0.1, 0.15) is 5.82 Å². The molecule has 6 nitrogen and oxygen atoms in total. The summed E-state index contributed by atoms with van der Waals surface area (Å²) in [5.74, 6) is 0.0686. The van der Waals surface area contributed by atoms with E-state index in [1.54, 1.807) is 30.3 Å². The van der Waals surface area contributed by atoms with E-state index < -0.39 is 5.97 Å². The van der Waals surface area contributed by atoms with Gasteiger partial charge in [0.25, 0.3) is 5.91 Å². The van der Waals surface area contributed by atoms with E-state index in [4.69, 9.17) is 4.74 Å². The molecule has 0 fully saturated rings. The molecule has 1 aromatic heterocycles. The summed E-state index contributed by atoms with van der Waals surface area (Å²) in [4.78, 5) is 27.8. The number of pyridine rings is 1. The van der Waals surface area contributed by atoms with Gasteiger partial charge in [-0.2, -0.15) is 0 Å². The van der Waals surface area contributed by atoms with Crippen molar-refractivity contribution in [1.29, 1.82) is 0 Å². The van der Waals surface area contributed by atoms with Crippen molar-refractivity contribution in [3.63, 3.8) is 0 Å². The van der Waals surface area contributed by atoms with Gasteiger partial charge in [0.15, 0.2) is 0 Å². The number of ether oxygens (including phenoxy) is 1. The molecule has 1 aromatic carbocycles. The number of amides is 1. The molecule has 1 amide bonds. The molecule has 1 heterocycles. The number of nitrogens with one attached hydrogen (secondary N) is 2. The van der Waals surface area contributed by atoms with Crippen molar-refractivity contribution < 1.29 is 14.3 Å².